The van der Waals surface area contributed by atoms with E-state index >= 15 is 0 Å². The van der Waals surface area contributed by atoms with E-state index in [0.717, 1.165) is 17.7 Å². The van der Waals surface area contributed by atoms with Crippen molar-refractivity contribution in [1.82, 2.24) is 4.90 Å². The second-order valence-electron chi connectivity index (χ2n) is 5.43. The number of hydrogen-bond acceptors (Lipinski definition) is 1. The zero-order valence-corrected chi connectivity index (χ0v) is 13.2. The second-order valence-corrected chi connectivity index (χ2v) is 6.25. The molecule has 2 aliphatic rings. The summed E-state index contributed by atoms with van der Waals surface area (Å²) in [6, 6.07) is 4.32. The minimum absolute atomic E-state index is 0.0164. The van der Waals surface area contributed by atoms with Crippen LogP contribution in [0.1, 0.15) is 18.4 Å². The number of anilines is 1. The minimum atomic E-state index is -4.62. The number of nitrogens with one attached hydrogen (secondary N) is 1. The Hall–Kier alpha value is -1.45. The topological polar surface area (TPSA) is 15.3 Å². The summed E-state index contributed by atoms with van der Waals surface area (Å²) in [5, 5.41) is 3.01. The summed E-state index contributed by atoms with van der Waals surface area (Å²) >= 11 is 11.0. The quantitative estimate of drug-likeness (QED) is 0.562. The van der Waals surface area contributed by atoms with Gasteiger partial charge in [0.2, 0.25) is 5.54 Å². The Morgan fingerprint density at radius 2 is 2.09 bits per heavy atom. The molecule has 1 aliphatic heterocycles. The Morgan fingerprint density at radius 1 is 1.41 bits per heavy atom. The molecule has 116 valence electrons. The van der Waals surface area contributed by atoms with E-state index in [1.54, 1.807) is 0 Å². The third-order valence-corrected chi connectivity index (χ3v) is 4.48. The maximum atomic E-state index is 14.0. The van der Waals surface area contributed by atoms with Gasteiger partial charge in [0.1, 0.15) is 0 Å². The molecule has 1 saturated carbocycles. The van der Waals surface area contributed by atoms with Crippen molar-refractivity contribution < 1.29 is 13.2 Å². The molecular weight excluding hydrogens is 333 g/mol. The zero-order chi connectivity index (χ0) is 16.1. The predicted octanol–water partition coefficient (Wildman–Crippen LogP) is 4.15. The molecule has 1 unspecified atom stereocenters. The van der Waals surface area contributed by atoms with Crippen LogP contribution in [0.15, 0.2) is 18.2 Å². The van der Waals surface area contributed by atoms with E-state index in [2.05, 4.69) is 17.2 Å². The molecule has 0 spiro atoms. The first-order valence-corrected chi connectivity index (χ1v) is 7.48. The van der Waals surface area contributed by atoms with Crippen LogP contribution in [0, 0.1) is 17.8 Å². The van der Waals surface area contributed by atoms with Gasteiger partial charge in [0.05, 0.1) is 0 Å². The van der Waals surface area contributed by atoms with Crippen LogP contribution in [0.5, 0.6) is 0 Å². The standard InChI is InChI=1S/C15H12ClF3N2S/c1-21-13(22)20-12-5-4-10(16)8-11(12)14(21,15(17,18)19)7-6-9-2-3-9/h4-5,8-9H,2-3H2,1H3,(H,20,22). The summed E-state index contributed by atoms with van der Waals surface area (Å²) in [7, 11) is 1.30. The largest absolute Gasteiger partial charge is 0.427 e. The third kappa shape index (κ3) is 2.33. The molecule has 1 heterocycles. The molecule has 7 heteroatoms. The van der Waals surface area contributed by atoms with Crippen LogP contribution >= 0.6 is 23.8 Å². The highest BCUT2D eigenvalue weighted by atomic mass is 35.5. The van der Waals surface area contributed by atoms with Crippen LogP contribution in [0.2, 0.25) is 5.02 Å². The van der Waals surface area contributed by atoms with Gasteiger partial charge < -0.3 is 10.2 Å². The van der Waals surface area contributed by atoms with Crippen molar-refractivity contribution in [1.29, 1.82) is 0 Å². The van der Waals surface area contributed by atoms with Crippen LogP contribution in [0.25, 0.3) is 0 Å². The van der Waals surface area contributed by atoms with E-state index in [-0.39, 0.29) is 27.3 Å². The van der Waals surface area contributed by atoms with E-state index in [1.807, 2.05) is 0 Å². The molecule has 0 saturated heterocycles. The fraction of sp³-hybridized carbons (Fsp3) is 0.400. The van der Waals surface area contributed by atoms with Gasteiger partial charge in [0.25, 0.3) is 0 Å². The normalized spacial score (nSPS) is 24.2. The van der Waals surface area contributed by atoms with Gasteiger partial charge >= 0.3 is 6.18 Å². The summed E-state index contributed by atoms with van der Waals surface area (Å²) in [5.74, 6) is 5.25. The Labute approximate surface area is 136 Å². The van der Waals surface area contributed by atoms with Gasteiger partial charge in [-0.15, -0.1) is 0 Å². The molecule has 1 aliphatic carbocycles. The van der Waals surface area contributed by atoms with Gasteiger partial charge in [-0.1, -0.05) is 23.4 Å². The lowest BCUT2D eigenvalue weighted by Crippen LogP contribution is -2.59. The Bertz CT molecular complexity index is 703. The van der Waals surface area contributed by atoms with Crippen molar-refractivity contribution in [2.75, 3.05) is 12.4 Å². The van der Waals surface area contributed by atoms with Gasteiger partial charge in [-0.25, -0.2) is 0 Å². The van der Waals surface area contributed by atoms with Crippen LogP contribution in [0.4, 0.5) is 18.9 Å². The molecule has 1 aromatic carbocycles. The molecular formula is C15H12ClF3N2S. The molecule has 1 fully saturated rings. The highest BCUT2D eigenvalue weighted by Gasteiger charge is 2.61. The molecule has 0 amide bonds. The summed E-state index contributed by atoms with van der Waals surface area (Å²) in [6.45, 7) is 0. The molecule has 1 atom stereocenters. The maximum Gasteiger partial charge on any atom is 0.427 e. The Morgan fingerprint density at radius 3 is 2.68 bits per heavy atom. The summed E-state index contributed by atoms with van der Waals surface area (Å²) in [5.41, 5.74) is -2.20. The molecule has 1 aromatic rings. The average molecular weight is 345 g/mol. The fourth-order valence-corrected chi connectivity index (χ4v) is 2.87. The molecule has 0 bridgehead atoms. The number of thiocarbonyl (C=S) groups is 1. The molecule has 3 rings (SSSR count). The number of fused-ring (bicyclic) bond motifs is 1. The first-order chi connectivity index (χ1) is 10.3. The summed E-state index contributed by atoms with van der Waals surface area (Å²) in [4.78, 5) is 0.969. The van der Waals surface area contributed by atoms with Crippen molar-refractivity contribution in [2.24, 2.45) is 5.92 Å². The van der Waals surface area contributed by atoms with Crippen molar-refractivity contribution in [3.8, 4) is 11.8 Å². The molecule has 1 N–H and O–H groups in total. The van der Waals surface area contributed by atoms with E-state index < -0.39 is 11.7 Å². The molecule has 0 aromatic heterocycles. The summed E-state index contributed by atoms with van der Waals surface area (Å²) < 4.78 is 42.1. The molecule has 2 nitrogen and oxygen atoms in total. The molecule has 0 radical (unpaired) electrons. The van der Waals surface area contributed by atoms with E-state index in [1.165, 1.54) is 25.2 Å². The molecule has 22 heavy (non-hydrogen) atoms. The highest BCUT2D eigenvalue weighted by Crippen LogP contribution is 2.49. The smallest absolute Gasteiger partial charge is 0.332 e. The number of nitrogens with zero attached hydrogens (tertiary/aromatic N) is 1. The third-order valence-electron chi connectivity index (χ3n) is 3.87. The SMILES string of the molecule is CN1C(=S)Nc2ccc(Cl)cc2C1(C#CC1CC1)C(F)(F)F. The Kier molecular flexibility index (Phi) is 3.54. The number of hydrogen-bond donors (Lipinski definition) is 1. The average Bonchev–Trinajstić information content (AvgIpc) is 3.23. The predicted molar refractivity (Wildman–Crippen MR) is 83.7 cm³/mol. The van der Waals surface area contributed by atoms with Gasteiger partial charge in [-0.05, 0) is 43.3 Å². The van der Waals surface area contributed by atoms with E-state index in [9.17, 15) is 13.2 Å². The number of halogens is 4. The van der Waals surface area contributed by atoms with Crippen LogP contribution in [-0.4, -0.2) is 23.2 Å². The number of alkyl halides is 3. The van der Waals surface area contributed by atoms with Crippen molar-refractivity contribution in [3.05, 3.63) is 28.8 Å². The van der Waals surface area contributed by atoms with Gasteiger partial charge in [0, 0.05) is 29.2 Å². The zero-order valence-electron chi connectivity index (χ0n) is 11.6. The lowest BCUT2D eigenvalue weighted by atomic mass is 9.85. The summed E-state index contributed by atoms with van der Waals surface area (Å²) in [6.07, 6.45) is -2.93. The van der Waals surface area contributed by atoms with Crippen LogP contribution in [-0.2, 0) is 5.54 Å². The van der Waals surface area contributed by atoms with Crippen LogP contribution in [0.3, 0.4) is 0 Å². The van der Waals surface area contributed by atoms with Gasteiger partial charge in [-0.2, -0.15) is 13.2 Å². The number of benzene rings is 1. The Balaban J connectivity index is 2.28. The van der Waals surface area contributed by atoms with Crippen molar-refractivity contribution in [3.63, 3.8) is 0 Å². The van der Waals surface area contributed by atoms with E-state index in [4.69, 9.17) is 23.8 Å². The lowest BCUT2D eigenvalue weighted by molar-refractivity contribution is -0.201. The first-order valence-electron chi connectivity index (χ1n) is 6.70. The highest BCUT2D eigenvalue weighted by molar-refractivity contribution is 7.80. The lowest BCUT2D eigenvalue weighted by Gasteiger charge is -2.45. The van der Waals surface area contributed by atoms with Crippen LogP contribution < -0.4 is 5.32 Å². The van der Waals surface area contributed by atoms with Gasteiger partial charge in [-0.3, -0.25) is 0 Å². The first kappa shape index (κ1) is 15.4. The monoisotopic (exact) mass is 344 g/mol. The fourth-order valence-electron chi connectivity index (χ4n) is 2.46. The van der Waals surface area contributed by atoms with E-state index in [0.29, 0.717) is 0 Å². The maximum absolute atomic E-state index is 14.0. The van der Waals surface area contributed by atoms with Crippen molar-refractivity contribution >= 4 is 34.6 Å². The van der Waals surface area contributed by atoms with Gasteiger partial charge in [0.15, 0.2) is 5.11 Å². The number of rotatable bonds is 0. The second kappa shape index (κ2) is 5.04. The minimum Gasteiger partial charge on any atom is -0.332 e. The van der Waals surface area contributed by atoms with Crippen molar-refractivity contribution in [2.45, 2.75) is 24.6 Å².